The van der Waals surface area contributed by atoms with Gasteiger partial charge in [0.15, 0.2) is 6.61 Å². The molecule has 1 aromatic heterocycles. The highest BCUT2D eigenvalue weighted by atomic mass is 16.5. The van der Waals surface area contributed by atoms with E-state index in [1.165, 1.54) is 18.4 Å². The van der Waals surface area contributed by atoms with Gasteiger partial charge in [-0.2, -0.15) is 0 Å². The van der Waals surface area contributed by atoms with Crippen LogP contribution < -0.4 is 10.1 Å². The largest absolute Gasteiger partial charge is 0.484 e. The zero-order valence-electron chi connectivity index (χ0n) is 13.3. The summed E-state index contributed by atoms with van der Waals surface area (Å²) in [5.74, 6) is 1.76. The van der Waals surface area contributed by atoms with Gasteiger partial charge >= 0.3 is 0 Å². The summed E-state index contributed by atoms with van der Waals surface area (Å²) in [6.07, 6.45) is 5.42. The zero-order chi connectivity index (χ0) is 15.5. The Hall–Kier alpha value is -1.97. The Morgan fingerprint density at radius 3 is 3.00 bits per heavy atom. The average Bonchev–Trinajstić information content (AvgIpc) is 2.90. The normalized spacial score (nSPS) is 15.4. The smallest absolute Gasteiger partial charge is 0.258 e. The quantitative estimate of drug-likeness (QED) is 0.918. The number of carbonyl (C=O) groups is 1. The summed E-state index contributed by atoms with van der Waals surface area (Å²) in [5.41, 5.74) is 2.24. The molecule has 3 rings (SSSR count). The maximum Gasteiger partial charge on any atom is 0.258 e. The third kappa shape index (κ3) is 3.11. The number of furan rings is 1. The molecule has 4 heteroatoms. The van der Waals surface area contributed by atoms with Crippen LogP contribution in [0.25, 0.3) is 11.0 Å². The van der Waals surface area contributed by atoms with E-state index in [1.807, 2.05) is 32.0 Å². The Bertz CT molecular complexity index is 674. The molecule has 0 fully saturated rings. The van der Waals surface area contributed by atoms with Crippen molar-refractivity contribution in [1.82, 2.24) is 5.32 Å². The zero-order valence-corrected chi connectivity index (χ0v) is 13.3. The van der Waals surface area contributed by atoms with Crippen LogP contribution in [0.1, 0.15) is 44.4 Å². The Morgan fingerprint density at radius 2 is 2.18 bits per heavy atom. The Morgan fingerprint density at radius 1 is 1.36 bits per heavy atom. The van der Waals surface area contributed by atoms with Crippen molar-refractivity contribution >= 4 is 16.9 Å². The van der Waals surface area contributed by atoms with Crippen molar-refractivity contribution in [3.63, 3.8) is 0 Å². The topological polar surface area (TPSA) is 51.5 Å². The van der Waals surface area contributed by atoms with Gasteiger partial charge in [-0.1, -0.05) is 6.92 Å². The summed E-state index contributed by atoms with van der Waals surface area (Å²) in [6.45, 7) is 4.08. The lowest BCUT2D eigenvalue weighted by Gasteiger charge is -2.12. The number of benzene rings is 1. The number of hydrogen-bond acceptors (Lipinski definition) is 3. The van der Waals surface area contributed by atoms with Crippen molar-refractivity contribution in [2.24, 2.45) is 0 Å². The first kappa shape index (κ1) is 14.9. The predicted octanol–water partition coefficient (Wildman–Crippen LogP) is 3.61. The Kier molecular flexibility index (Phi) is 4.36. The number of rotatable bonds is 5. The molecule has 1 aromatic carbocycles. The van der Waals surface area contributed by atoms with Gasteiger partial charge in [0.05, 0.1) is 0 Å². The first-order chi connectivity index (χ1) is 10.7. The summed E-state index contributed by atoms with van der Waals surface area (Å²) < 4.78 is 11.5. The fourth-order valence-corrected chi connectivity index (χ4v) is 2.90. The highest BCUT2D eigenvalue weighted by molar-refractivity contribution is 5.84. The van der Waals surface area contributed by atoms with Crippen LogP contribution in [0.4, 0.5) is 0 Å². The maximum atomic E-state index is 11.8. The second-order valence-electron chi connectivity index (χ2n) is 6.03. The SMILES string of the molecule is CC[C@@H](C)NC(=O)COc1ccc2oc3c(c2c1)CCCC3. The minimum atomic E-state index is -0.0799. The second-order valence-corrected chi connectivity index (χ2v) is 6.03. The van der Waals surface area contributed by atoms with Gasteiger partial charge in [-0.15, -0.1) is 0 Å². The number of hydrogen-bond donors (Lipinski definition) is 1. The fourth-order valence-electron chi connectivity index (χ4n) is 2.90. The van der Waals surface area contributed by atoms with Crippen molar-refractivity contribution < 1.29 is 13.9 Å². The van der Waals surface area contributed by atoms with Crippen LogP contribution in [0.2, 0.25) is 0 Å². The molecule has 2 aromatic rings. The van der Waals surface area contributed by atoms with Gasteiger partial charge in [-0.3, -0.25) is 4.79 Å². The minimum absolute atomic E-state index is 0.0515. The Labute approximate surface area is 130 Å². The van der Waals surface area contributed by atoms with Crippen LogP contribution >= 0.6 is 0 Å². The molecule has 0 spiro atoms. The van der Waals surface area contributed by atoms with E-state index in [0.717, 1.165) is 41.7 Å². The van der Waals surface area contributed by atoms with Crippen LogP contribution in [-0.4, -0.2) is 18.6 Å². The molecule has 1 heterocycles. The molecule has 0 unspecified atom stereocenters. The molecule has 1 N–H and O–H groups in total. The van der Waals surface area contributed by atoms with Crippen molar-refractivity contribution in [2.45, 2.75) is 52.0 Å². The van der Waals surface area contributed by atoms with Crippen LogP contribution in [0.5, 0.6) is 5.75 Å². The van der Waals surface area contributed by atoms with E-state index in [0.29, 0.717) is 0 Å². The lowest BCUT2D eigenvalue weighted by atomic mass is 9.96. The number of carbonyl (C=O) groups excluding carboxylic acids is 1. The van der Waals surface area contributed by atoms with Gasteiger partial charge in [0, 0.05) is 23.4 Å². The van der Waals surface area contributed by atoms with E-state index in [-0.39, 0.29) is 18.6 Å². The van der Waals surface area contributed by atoms with Crippen LogP contribution in [0, 0.1) is 0 Å². The average molecular weight is 301 g/mol. The van der Waals surface area contributed by atoms with Gasteiger partial charge in [0.25, 0.3) is 5.91 Å². The summed E-state index contributed by atoms with van der Waals surface area (Å²) in [6, 6.07) is 5.99. The van der Waals surface area contributed by atoms with Gasteiger partial charge in [0.2, 0.25) is 0 Å². The van der Waals surface area contributed by atoms with Crippen LogP contribution in [0.15, 0.2) is 22.6 Å². The summed E-state index contributed by atoms with van der Waals surface area (Å²) >= 11 is 0. The van der Waals surface area contributed by atoms with Gasteiger partial charge in [0.1, 0.15) is 17.1 Å². The van der Waals surface area contributed by atoms with E-state index in [4.69, 9.17) is 9.15 Å². The lowest BCUT2D eigenvalue weighted by Crippen LogP contribution is -2.35. The first-order valence-electron chi connectivity index (χ1n) is 8.14. The fraction of sp³-hybridized carbons (Fsp3) is 0.500. The van der Waals surface area contributed by atoms with E-state index in [1.54, 1.807) is 0 Å². The molecule has 0 radical (unpaired) electrons. The van der Waals surface area contributed by atoms with E-state index in [2.05, 4.69) is 5.32 Å². The molecular weight excluding hydrogens is 278 g/mol. The minimum Gasteiger partial charge on any atom is -0.484 e. The number of amides is 1. The molecule has 0 saturated heterocycles. The number of ether oxygens (including phenoxy) is 1. The van der Waals surface area contributed by atoms with Gasteiger partial charge < -0.3 is 14.5 Å². The molecule has 0 aliphatic heterocycles. The van der Waals surface area contributed by atoms with Gasteiger partial charge in [-0.05, 0) is 50.8 Å². The predicted molar refractivity (Wildman–Crippen MR) is 86.2 cm³/mol. The second kappa shape index (κ2) is 6.42. The van der Waals surface area contributed by atoms with Crippen molar-refractivity contribution in [3.8, 4) is 5.75 Å². The molecule has 0 bridgehead atoms. The van der Waals surface area contributed by atoms with Gasteiger partial charge in [-0.25, -0.2) is 0 Å². The molecule has 118 valence electrons. The summed E-state index contributed by atoms with van der Waals surface area (Å²) in [5, 5.41) is 4.03. The number of fused-ring (bicyclic) bond motifs is 3. The van der Waals surface area contributed by atoms with Crippen LogP contribution in [-0.2, 0) is 17.6 Å². The molecule has 1 aliphatic carbocycles. The molecule has 1 amide bonds. The third-order valence-electron chi connectivity index (χ3n) is 4.32. The molecular formula is C18H23NO3. The number of nitrogens with one attached hydrogen (secondary N) is 1. The lowest BCUT2D eigenvalue weighted by molar-refractivity contribution is -0.123. The molecule has 1 atom stereocenters. The van der Waals surface area contributed by atoms with Crippen molar-refractivity contribution in [1.29, 1.82) is 0 Å². The van der Waals surface area contributed by atoms with E-state index in [9.17, 15) is 4.79 Å². The summed E-state index contributed by atoms with van der Waals surface area (Å²) in [7, 11) is 0. The molecule has 22 heavy (non-hydrogen) atoms. The number of aryl methyl sites for hydroxylation is 2. The Balaban J connectivity index is 1.71. The molecule has 0 saturated carbocycles. The molecule has 4 nitrogen and oxygen atoms in total. The van der Waals surface area contributed by atoms with E-state index < -0.39 is 0 Å². The monoisotopic (exact) mass is 301 g/mol. The standard InChI is InChI=1S/C18H23NO3/c1-3-12(2)19-18(20)11-21-13-8-9-17-15(10-13)14-6-4-5-7-16(14)22-17/h8-10,12H,3-7,11H2,1-2H3,(H,19,20)/t12-/m1/s1. The highest BCUT2D eigenvalue weighted by Crippen LogP contribution is 2.33. The highest BCUT2D eigenvalue weighted by Gasteiger charge is 2.18. The first-order valence-corrected chi connectivity index (χ1v) is 8.14. The summed E-state index contributed by atoms with van der Waals surface area (Å²) in [4.78, 5) is 11.8. The van der Waals surface area contributed by atoms with Crippen molar-refractivity contribution in [3.05, 3.63) is 29.5 Å². The molecule has 1 aliphatic rings. The van der Waals surface area contributed by atoms with Crippen LogP contribution in [0.3, 0.4) is 0 Å². The maximum absolute atomic E-state index is 11.8. The third-order valence-corrected chi connectivity index (χ3v) is 4.32. The van der Waals surface area contributed by atoms with E-state index >= 15 is 0 Å². The van der Waals surface area contributed by atoms with Crippen molar-refractivity contribution in [2.75, 3.05) is 6.61 Å².